The molecule has 5 aromatic rings. The van der Waals surface area contributed by atoms with Gasteiger partial charge in [-0.05, 0) is 60.9 Å². The minimum atomic E-state index is -0.871. The van der Waals surface area contributed by atoms with Gasteiger partial charge in [0.25, 0.3) is 0 Å². The fourth-order valence-electron chi connectivity index (χ4n) is 3.47. The number of para-hydroxylation sites is 1. The first-order valence-corrected chi connectivity index (χ1v) is 9.28. The van der Waals surface area contributed by atoms with Gasteiger partial charge < -0.3 is 13.9 Å². The SMILES string of the molecule is CC(C)(O)c1cccc(-c2ccc3nc(-c4cc5ccccc5o4)cn3c2)c1. The van der Waals surface area contributed by atoms with Crippen LogP contribution in [0.15, 0.2) is 83.5 Å². The van der Waals surface area contributed by atoms with Crippen molar-refractivity contribution in [1.29, 1.82) is 0 Å². The Kier molecular flexibility index (Phi) is 3.64. The lowest BCUT2D eigenvalue weighted by Gasteiger charge is -2.18. The second-order valence-corrected chi connectivity index (χ2v) is 7.60. The van der Waals surface area contributed by atoms with Crippen molar-refractivity contribution in [2.24, 2.45) is 0 Å². The number of pyridine rings is 1. The quantitative estimate of drug-likeness (QED) is 0.448. The van der Waals surface area contributed by atoms with Crippen LogP contribution in [0.5, 0.6) is 0 Å². The van der Waals surface area contributed by atoms with Gasteiger partial charge in [-0.15, -0.1) is 0 Å². The van der Waals surface area contributed by atoms with Gasteiger partial charge in [-0.2, -0.15) is 0 Å². The Bertz CT molecular complexity index is 1270. The van der Waals surface area contributed by atoms with Gasteiger partial charge >= 0.3 is 0 Å². The lowest BCUT2D eigenvalue weighted by molar-refractivity contribution is 0.0786. The zero-order valence-corrected chi connectivity index (χ0v) is 15.8. The molecule has 28 heavy (non-hydrogen) atoms. The molecule has 0 aliphatic heterocycles. The van der Waals surface area contributed by atoms with Crippen LogP contribution in [-0.4, -0.2) is 14.5 Å². The normalized spacial score (nSPS) is 12.1. The monoisotopic (exact) mass is 368 g/mol. The molecule has 0 atom stereocenters. The third-order valence-corrected chi connectivity index (χ3v) is 5.03. The third-order valence-electron chi connectivity index (χ3n) is 5.03. The molecular formula is C24H20N2O2. The maximum Gasteiger partial charge on any atom is 0.155 e. The first-order chi connectivity index (χ1) is 13.5. The van der Waals surface area contributed by atoms with Crippen molar-refractivity contribution < 1.29 is 9.52 Å². The molecule has 5 rings (SSSR count). The standard InChI is InChI=1S/C24H20N2O2/c1-24(2,27)19-8-5-7-16(12-19)18-10-11-23-25-20(15-26(23)14-18)22-13-17-6-3-4-9-21(17)28-22/h3-15,27H,1-2H3. The summed E-state index contributed by atoms with van der Waals surface area (Å²) in [4.78, 5) is 4.70. The number of imidazole rings is 1. The number of aliphatic hydroxyl groups is 1. The molecule has 138 valence electrons. The molecule has 0 saturated carbocycles. The average molecular weight is 368 g/mol. The van der Waals surface area contributed by atoms with Crippen LogP contribution in [0.3, 0.4) is 0 Å². The molecule has 0 unspecified atom stereocenters. The zero-order chi connectivity index (χ0) is 19.3. The molecule has 0 spiro atoms. The van der Waals surface area contributed by atoms with Crippen LogP contribution < -0.4 is 0 Å². The van der Waals surface area contributed by atoms with Gasteiger partial charge in [-0.1, -0.05) is 36.4 Å². The van der Waals surface area contributed by atoms with Gasteiger partial charge in [0.1, 0.15) is 16.9 Å². The second-order valence-electron chi connectivity index (χ2n) is 7.60. The Morgan fingerprint density at radius 1 is 0.893 bits per heavy atom. The number of nitrogens with zero attached hydrogens (tertiary/aromatic N) is 2. The molecular weight excluding hydrogens is 348 g/mol. The highest BCUT2D eigenvalue weighted by Crippen LogP contribution is 2.29. The summed E-state index contributed by atoms with van der Waals surface area (Å²) in [7, 11) is 0. The molecule has 3 aromatic heterocycles. The second kappa shape index (κ2) is 6.08. The number of benzene rings is 2. The third kappa shape index (κ3) is 2.88. The van der Waals surface area contributed by atoms with Crippen LogP contribution in [0.1, 0.15) is 19.4 Å². The largest absolute Gasteiger partial charge is 0.454 e. The van der Waals surface area contributed by atoms with Gasteiger partial charge in [-0.25, -0.2) is 4.98 Å². The number of hydrogen-bond donors (Lipinski definition) is 1. The predicted octanol–water partition coefficient (Wildman–Crippen LogP) is 5.64. The van der Waals surface area contributed by atoms with Crippen molar-refractivity contribution in [3.63, 3.8) is 0 Å². The summed E-state index contributed by atoms with van der Waals surface area (Å²) in [6, 6.07) is 22.0. The molecule has 0 aliphatic rings. The zero-order valence-electron chi connectivity index (χ0n) is 15.8. The number of fused-ring (bicyclic) bond motifs is 2. The highest BCUT2D eigenvalue weighted by atomic mass is 16.3. The molecule has 3 heterocycles. The molecule has 1 N–H and O–H groups in total. The van der Waals surface area contributed by atoms with E-state index >= 15 is 0 Å². The molecule has 4 heteroatoms. The Morgan fingerprint density at radius 3 is 2.57 bits per heavy atom. The summed E-state index contributed by atoms with van der Waals surface area (Å²) in [6.07, 6.45) is 4.04. The predicted molar refractivity (Wildman–Crippen MR) is 111 cm³/mol. The van der Waals surface area contributed by atoms with Crippen LogP contribution >= 0.6 is 0 Å². The highest BCUT2D eigenvalue weighted by Gasteiger charge is 2.16. The van der Waals surface area contributed by atoms with Crippen molar-refractivity contribution in [3.05, 3.63) is 84.7 Å². The fraction of sp³-hybridized carbons (Fsp3) is 0.125. The smallest absolute Gasteiger partial charge is 0.155 e. The Hall–Kier alpha value is -3.37. The molecule has 0 fully saturated rings. The van der Waals surface area contributed by atoms with E-state index in [1.54, 1.807) is 13.8 Å². The molecule has 0 amide bonds. The van der Waals surface area contributed by atoms with Crippen LogP contribution in [-0.2, 0) is 5.60 Å². The maximum absolute atomic E-state index is 10.3. The van der Waals surface area contributed by atoms with E-state index in [1.807, 2.05) is 77.3 Å². The molecule has 0 radical (unpaired) electrons. The topological polar surface area (TPSA) is 50.7 Å². The molecule has 0 bridgehead atoms. The minimum Gasteiger partial charge on any atom is -0.454 e. The van der Waals surface area contributed by atoms with Crippen LogP contribution in [0, 0.1) is 0 Å². The van der Waals surface area contributed by atoms with E-state index < -0.39 is 5.60 Å². The number of hydrogen-bond acceptors (Lipinski definition) is 3. The van der Waals surface area contributed by atoms with Crippen molar-refractivity contribution in [1.82, 2.24) is 9.38 Å². The van der Waals surface area contributed by atoms with Crippen LogP contribution in [0.25, 0.3) is 39.2 Å². The first kappa shape index (κ1) is 16.8. The van der Waals surface area contributed by atoms with E-state index in [4.69, 9.17) is 9.40 Å². The molecule has 4 nitrogen and oxygen atoms in total. The summed E-state index contributed by atoms with van der Waals surface area (Å²) in [5, 5.41) is 11.4. The fourth-order valence-corrected chi connectivity index (χ4v) is 3.47. The summed E-state index contributed by atoms with van der Waals surface area (Å²) in [5.41, 5.74) is 4.66. The van der Waals surface area contributed by atoms with Gasteiger partial charge in [0.05, 0.1) is 5.60 Å². The summed E-state index contributed by atoms with van der Waals surface area (Å²) in [5.74, 6) is 0.760. The van der Waals surface area contributed by atoms with E-state index in [-0.39, 0.29) is 0 Å². The van der Waals surface area contributed by atoms with Crippen molar-refractivity contribution in [2.45, 2.75) is 19.4 Å². The molecule has 2 aromatic carbocycles. The summed E-state index contributed by atoms with van der Waals surface area (Å²) < 4.78 is 7.96. The highest BCUT2D eigenvalue weighted by molar-refractivity contribution is 5.82. The van der Waals surface area contributed by atoms with Gasteiger partial charge in [0.2, 0.25) is 0 Å². The summed E-state index contributed by atoms with van der Waals surface area (Å²) in [6.45, 7) is 3.59. The van der Waals surface area contributed by atoms with E-state index in [9.17, 15) is 5.11 Å². The lowest BCUT2D eigenvalue weighted by atomic mass is 9.95. The van der Waals surface area contributed by atoms with Crippen molar-refractivity contribution >= 4 is 16.6 Å². The Labute approximate surface area is 162 Å². The lowest BCUT2D eigenvalue weighted by Crippen LogP contribution is -2.15. The Balaban J connectivity index is 1.57. The number of furan rings is 1. The van der Waals surface area contributed by atoms with Crippen LogP contribution in [0.4, 0.5) is 0 Å². The van der Waals surface area contributed by atoms with Crippen molar-refractivity contribution in [2.75, 3.05) is 0 Å². The number of aromatic nitrogens is 2. The van der Waals surface area contributed by atoms with Gasteiger partial charge in [0.15, 0.2) is 5.76 Å². The molecule has 0 aliphatic carbocycles. The van der Waals surface area contributed by atoms with Crippen LogP contribution in [0.2, 0.25) is 0 Å². The summed E-state index contributed by atoms with van der Waals surface area (Å²) >= 11 is 0. The first-order valence-electron chi connectivity index (χ1n) is 9.28. The van der Waals surface area contributed by atoms with E-state index in [1.165, 1.54) is 0 Å². The average Bonchev–Trinajstić information content (AvgIpc) is 3.30. The van der Waals surface area contributed by atoms with Gasteiger partial charge in [-0.3, -0.25) is 0 Å². The van der Waals surface area contributed by atoms with Gasteiger partial charge in [0, 0.05) is 17.8 Å². The molecule has 0 saturated heterocycles. The maximum atomic E-state index is 10.3. The number of rotatable bonds is 3. The van der Waals surface area contributed by atoms with E-state index in [2.05, 4.69) is 6.20 Å². The van der Waals surface area contributed by atoms with Crippen molar-refractivity contribution in [3.8, 4) is 22.6 Å². The Morgan fingerprint density at radius 2 is 1.75 bits per heavy atom. The van der Waals surface area contributed by atoms with E-state index in [0.29, 0.717) is 0 Å². The van der Waals surface area contributed by atoms with E-state index in [0.717, 1.165) is 44.8 Å². The minimum absolute atomic E-state index is 0.760.